The number of fused-ring (bicyclic) bond motifs is 5. The van der Waals surface area contributed by atoms with E-state index in [1.807, 2.05) is 13.8 Å². The summed E-state index contributed by atoms with van der Waals surface area (Å²) in [5.74, 6) is 5.27. The van der Waals surface area contributed by atoms with Crippen LogP contribution < -0.4 is 0 Å². The molecule has 4 rings (SSSR count). The predicted molar refractivity (Wildman–Crippen MR) is 138 cm³/mol. The van der Waals surface area contributed by atoms with Gasteiger partial charge in [-0.2, -0.15) is 0 Å². The first-order valence-corrected chi connectivity index (χ1v) is 14.5. The van der Waals surface area contributed by atoms with E-state index in [1.54, 1.807) is 5.57 Å². The molecule has 188 valence electrons. The Morgan fingerprint density at radius 2 is 1.73 bits per heavy atom. The Bertz CT molecular complexity index is 735. The molecule has 3 saturated carbocycles. The minimum atomic E-state index is -0.0397. The van der Waals surface area contributed by atoms with Crippen molar-refractivity contribution in [3.05, 3.63) is 11.6 Å². The van der Waals surface area contributed by atoms with Gasteiger partial charge in [-0.3, -0.25) is 4.79 Å². The van der Waals surface area contributed by atoms with Crippen LogP contribution in [-0.2, 0) is 9.53 Å². The Morgan fingerprint density at radius 1 is 0.970 bits per heavy atom. The van der Waals surface area contributed by atoms with Crippen molar-refractivity contribution in [2.24, 2.45) is 52.3 Å². The summed E-state index contributed by atoms with van der Waals surface area (Å²) in [6.45, 7) is 16.5. The maximum absolute atomic E-state index is 12.2. The van der Waals surface area contributed by atoms with Gasteiger partial charge in [0.2, 0.25) is 0 Å². The molecule has 0 N–H and O–H groups in total. The fourth-order valence-electron chi connectivity index (χ4n) is 9.10. The van der Waals surface area contributed by atoms with Crippen LogP contribution >= 0.6 is 0 Å². The Hall–Kier alpha value is -0.790. The van der Waals surface area contributed by atoms with Crippen molar-refractivity contribution in [3.63, 3.8) is 0 Å². The Morgan fingerprint density at radius 3 is 2.42 bits per heavy atom. The first kappa shape index (κ1) is 25.3. The van der Waals surface area contributed by atoms with Crippen LogP contribution in [0.25, 0.3) is 0 Å². The fraction of sp³-hybridized carbons (Fsp3) is 0.903. The molecule has 0 aromatic carbocycles. The van der Waals surface area contributed by atoms with Crippen LogP contribution in [0.1, 0.15) is 119 Å². The van der Waals surface area contributed by atoms with Gasteiger partial charge < -0.3 is 4.74 Å². The molecule has 2 heteroatoms. The first-order chi connectivity index (χ1) is 15.6. The summed E-state index contributed by atoms with van der Waals surface area (Å²) in [7, 11) is 0. The van der Waals surface area contributed by atoms with Gasteiger partial charge in [-0.1, -0.05) is 73.3 Å². The van der Waals surface area contributed by atoms with Crippen LogP contribution in [0.4, 0.5) is 0 Å². The number of carbonyl (C=O) groups is 1. The van der Waals surface area contributed by atoms with Gasteiger partial charge in [0.25, 0.3) is 0 Å². The average Bonchev–Trinajstić information content (AvgIpc) is 3.11. The first-order valence-electron chi connectivity index (χ1n) is 14.5. The number of carbonyl (C=O) groups excluding carboxylic acids is 1. The largest absolute Gasteiger partial charge is 0.458 e. The Labute approximate surface area is 204 Å². The fourth-order valence-corrected chi connectivity index (χ4v) is 9.10. The third kappa shape index (κ3) is 4.71. The van der Waals surface area contributed by atoms with E-state index in [4.69, 9.17) is 4.74 Å². The van der Waals surface area contributed by atoms with E-state index in [9.17, 15) is 4.79 Å². The highest BCUT2D eigenvalue weighted by molar-refractivity contribution is 5.71. The van der Waals surface area contributed by atoms with Crippen LogP contribution in [0.5, 0.6) is 0 Å². The normalized spacial score (nSPS) is 41.2. The second-order valence-electron chi connectivity index (χ2n) is 13.7. The lowest BCUT2D eigenvalue weighted by atomic mass is 9.46. The number of esters is 1. The molecule has 8 atom stereocenters. The van der Waals surface area contributed by atoms with Gasteiger partial charge in [0, 0.05) is 0 Å². The lowest BCUT2D eigenvalue weighted by Gasteiger charge is -2.59. The second-order valence-corrected chi connectivity index (χ2v) is 13.7. The molecule has 4 unspecified atom stereocenters. The van der Waals surface area contributed by atoms with Crippen molar-refractivity contribution in [2.75, 3.05) is 0 Å². The van der Waals surface area contributed by atoms with Crippen LogP contribution in [0.2, 0.25) is 0 Å². The van der Waals surface area contributed by atoms with E-state index in [2.05, 4.69) is 40.7 Å². The lowest BCUT2D eigenvalue weighted by molar-refractivity contribution is -0.152. The zero-order valence-corrected chi connectivity index (χ0v) is 22.8. The van der Waals surface area contributed by atoms with Crippen LogP contribution in [0.15, 0.2) is 11.6 Å². The smallest absolute Gasteiger partial charge is 0.308 e. The molecule has 0 radical (unpaired) electrons. The van der Waals surface area contributed by atoms with E-state index >= 15 is 0 Å². The van der Waals surface area contributed by atoms with Gasteiger partial charge in [0.15, 0.2) is 0 Å². The van der Waals surface area contributed by atoms with E-state index in [-0.39, 0.29) is 18.0 Å². The summed E-state index contributed by atoms with van der Waals surface area (Å²) >= 11 is 0. The van der Waals surface area contributed by atoms with Crippen molar-refractivity contribution in [2.45, 2.75) is 125 Å². The molecular weight excluding hydrogens is 404 g/mol. The number of ether oxygens (including phenoxy) is 1. The molecule has 0 saturated heterocycles. The number of hydrogen-bond acceptors (Lipinski definition) is 2. The molecule has 33 heavy (non-hydrogen) atoms. The molecule has 2 nitrogen and oxygen atoms in total. The Balaban J connectivity index is 1.45. The number of allylic oxidation sites excluding steroid dienone is 1. The monoisotopic (exact) mass is 456 g/mol. The molecule has 0 amide bonds. The lowest BCUT2D eigenvalue weighted by Crippen LogP contribution is -2.51. The van der Waals surface area contributed by atoms with Gasteiger partial charge >= 0.3 is 5.97 Å². The zero-order chi connectivity index (χ0) is 24.0. The van der Waals surface area contributed by atoms with E-state index in [0.29, 0.717) is 10.8 Å². The average molecular weight is 457 g/mol. The third-order valence-electron chi connectivity index (χ3n) is 11.0. The van der Waals surface area contributed by atoms with Gasteiger partial charge in [-0.05, 0) is 104 Å². The standard InChI is InChI=1S/C31H52O2/c1-20(2)9-8-10-22(5)26-13-14-27-25-12-11-23-19-24(33-29(32)21(3)4)15-17-30(23,6)28(25)16-18-31(26,27)7/h19-22,24-28H,8-18H2,1-7H3/t22-,24-,25?,26+,27?,28?,30-,31?/m0/s1. The topological polar surface area (TPSA) is 26.3 Å². The molecule has 0 aliphatic heterocycles. The summed E-state index contributed by atoms with van der Waals surface area (Å²) in [6, 6.07) is 0. The minimum Gasteiger partial charge on any atom is -0.458 e. The minimum absolute atomic E-state index is 0.0101. The SMILES string of the molecule is CC(C)CCC[C@H](C)[C@H]1CCC2C3CCC4=C[C@@H](OC(=O)C(C)C)CC[C@]4(C)C3CCC21C. The van der Waals surface area contributed by atoms with Crippen molar-refractivity contribution < 1.29 is 9.53 Å². The van der Waals surface area contributed by atoms with Gasteiger partial charge in [0.05, 0.1) is 5.92 Å². The van der Waals surface area contributed by atoms with E-state index in [1.165, 1.54) is 64.2 Å². The maximum atomic E-state index is 12.2. The maximum Gasteiger partial charge on any atom is 0.308 e. The number of hydrogen-bond donors (Lipinski definition) is 0. The van der Waals surface area contributed by atoms with Crippen molar-refractivity contribution in [1.82, 2.24) is 0 Å². The molecule has 0 aromatic heterocycles. The molecule has 4 aliphatic rings. The summed E-state index contributed by atoms with van der Waals surface area (Å²) < 4.78 is 5.84. The van der Waals surface area contributed by atoms with Crippen LogP contribution in [0.3, 0.4) is 0 Å². The predicted octanol–water partition coefficient (Wildman–Crippen LogP) is 8.60. The van der Waals surface area contributed by atoms with Crippen LogP contribution in [-0.4, -0.2) is 12.1 Å². The van der Waals surface area contributed by atoms with Crippen molar-refractivity contribution in [3.8, 4) is 0 Å². The third-order valence-corrected chi connectivity index (χ3v) is 11.0. The second kappa shape index (κ2) is 9.69. The van der Waals surface area contributed by atoms with Gasteiger partial charge in [-0.15, -0.1) is 0 Å². The van der Waals surface area contributed by atoms with Crippen molar-refractivity contribution >= 4 is 5.97 Å². The molecular formula is C31H52O2. The highest BCUT2D eigenvalue weighted by Gasteiger charge is 2.59. The Kier molecular flexibility index (Phi) is 7.43. The molecule has 0 bridgehead atoms. The molecule has 3 fully saturated rings. The quantitative estimate of drug-likeness (QED) is 0.283. The highest BCUT2D eigenvalue weighted by Crippen LogP contribution is 2.67. The number of rotatable bonds is 7. The molecule has 0 heterocycles. The molecule has 0 aromatic rings. The zero-order valence-electron chi connectivity index (χ0n) is 22.8. The van der Waals surface area contributed by atoms with Crippen molar-refractivity contribution in [1.29, 1.82) is 0 Å². The molecule has 4 aliphatic carbocycles. The molecule has 0 spiro atoms. The van der Waals surface area contributed by atoms with Gasteiger partial charge in [-0.25, -0.2) is 0 Å². The summed E-state index contributed by atoms with van der Waals surface area (Å²) in [6.07, 6.45) is 17.2. The highest BCUT2D eigenvalue weighted by atomic mass is 16.5. The summed E-state index contributed by atoms with van der Waals surface area (Å²) in [4.78, 5) is 12.2. The van der Waals surface area contributed by atoms with Gasteiger partial charge in [0.1, 0.15) is 6.10 Å². The van der Waals surface area contributed by atoms with E-state index in [0.717, 1.165) is 41.9 Å². The van der Waals surface area contributed by atoms with E-state index < -0.39 is 0 Å². The summed E-state index contributed by atoms with van der Waals surface area (Å²) in [5.41, 5.74) is 2.53. The van der Waals surface area contributed by atoms with Crippen LogP contribution in [0, 0.1) is 52.3 Å². The summed E-state index contributed by atoms with van der Waals surface area (Å²) in [5, 5.41) is 0.